The van der Waals surface area contributed by atoms with Gasteiger partial charge in [0.15, 0.2) is 0 Å². The van der Waals surface area contributed by atoms with Gasteiger partial charge in [0.1, 0.15) is 6.10 Å². The molecule has 0 amide bonds. The van der Waals surface area contributed by atoms with Gasteiger partial charge in [-0.1, -0.05) is 0 Å². The zero-order chi connectivity index (χ0) is 8.97. The summed E-state index contributed by atoms with van der Waals surface area (Å²) in [4.78, 5) is 8.40. The van der Waals surface area contributed by atoms with E-state index in [9.17, 15) is 4.57 Å². The molecule has 0 aliphatic carbocycles. The Hall–Kier alpha value is 0.0700. The van der Waals surface area contributed by atoms with E-state index in [1.807, 2.05) is 0 Å². The first-order chi connectivity index (χ1) is 5.74. The number of hydrogen-bond donors (Lipinski definition) is 1. The van der Waals surface area contributed by atoms with Crippen LogP contribution in [0.25, 0.3) is 0 Å². The summed E-state index contributed by atoms with van der Waals surface area (Å²) < 4.78 is 25.1. The van der Waals surface area contributed by atoms with Gasteiger partial charge >= 0.3 is 8.25 Å². The fourth-order valence-corrected chi connectivity index (χ4v) is 1.51. The monoisotopic (exact) mass is 196 g/mol. The van der Waals surface area contributed by atoms with E-state index >= 15 is 0 Å². The zero-order valence-corrected chi connectivity index (χ0v) is 7.86. The van der Waals surface area contributed by atoms with Crippen LogP contribution in [0.4, 0.5) is 0 Å². The summed E-state index contributed by atoms with van der Waals surface area (Å²) in [6, 6.07) is 0. The van der Waals surface area contributed by atoms with E-state index < -0.39 is 8.25 Å². The van der Waals surface area contributed by atoms with E-state index in [0.717, 1.165) is 6.42 Å². The first kappa shape index (κ1) is 10.2. The predicted molar refractivity (Wildman–Crippen MR) is 42.3 cm³/mol. The van der Waals surface area contributed by atoms with Crippen LogP contribution in [0.15, 0.2) is 0 Å². The molecule has 0 bridgehead atoms. The lowest BCUT2D eigenvalue weighted by Crippen LogP contribution is -2.27. The molecule has 0 aromatic carbocycles. The summed E-state index contributed by atoms with van der Waals surface area (Å²) in [5.74, 6) is 0. The standard InChI is InChI=1S/C6H13O5P/c1-9-5-2-3-10-6(5)4-11-12(7)8/h5-6,12H,2-4H2,1H3,(H,7,8)/t5?,6-/m1/s1. The Bertz CT molecular complexity index is 162. The summed E-state index contributed by atoms with van der Waals surface area (Å²) in [6.07, 6.45) is 0.610. The van der Waals surface area contributed by atoms with Crippen LogP contribution in [0, 0.1) is 0 Å². The third-order valence-corrected chi connectivity index (χ3v) is 2.24. The molecule has 1 saturated heterocycles. The van der Waals surface area contributed by atoms with Crippen LogP contribution < -0.4 is 0 Å². The molecule has 1 aliphatic heterocycles. The number of ether oxygens (including phenoxy) is 2. The molecule has 6 heteroatoms. The van der Waals surface area contributed by atoms with Gasteiger partial charge in [-0.2, -0.15) is 0 Å². The number of rotatable bonds is 4. The Morgan fingerprint density at radius 2 is 2.50 bits per heavy atom. The van der Waals surface area contributed by atoms with Crippen molar-refractivity contribution in [1.82, 2.24) is 0 Å². The van der Waals surface area contributed by atoms with E-state index in [0.29, 0.717) is 6.61 Å². The SMILES string of the molecule is COC1CCO[C@@H]1CO[PH](=O)O. The Labute approximate surface area is 71.6 Å². The Morgan fingerprint density at radius 1 is 1.75 bits per heavy atom. The highest BCUT2D eigenvalue weighted by Crippen LogP contribution is 2.21. The molecule has 5 nitrogen and oxygen atoms in total. The molecule has 0 aromatic rings. The van der Waals surface area contributed by atoms with Crippen molar-refractivity contribution < 1.29 is 23.5 Å². The number of methoxy groups -OCH3 is 1. The Morgan fingerprint density at radius 3 is 3.08 bits per heavy atom. The molecule has 0 spiro atoms. The topological polar surface area (TPSA) is 65.0 Å². The Balaban J connectivity index is 2.26. The van der Waals surface area contributed by atoms with Gasteiger partial charge in [-0.15, -0.1) is 0 Å². The Kier molecular flexibility index (Phi) is 4.18. The first-order valence-electron chi connectivity index (χ1n) is 3.74. The fourth-order valence-electron chi connectivity index (χ4n) is 1.21. The van der Waals surface area contributed by atoms with Gasteiger partial charge in [-0.3, -0.25) is 4.57 Å². The van der Waals surface area contributed by atoms with Gasteiger partial charge in [0, 0.05) is 13.7 Å². The first-order valence-corrected chi connectivity index (χ1v) is 5.00. The normalized spacial score (nSPS) is 32.2. The fraction of sp³-hybridized carbons (Fsp3) is 1.00. The van der Waals surface area contributed by atoms with Crippen LogP contribution in [0.1, 0.15) is 6.42 Å². The van der Waals surface area contributed by atoms with Gasteiger partial charge in [0.2, 0.25) is 0 Å². The minimum atomic E-state index is -2.84. The molecule has 0 aromatic heterocycles. The van der Waals surface area contributed by atoms with Crippen molar-refractivity contribution in [3.63, 3.8) is 0 Å². The van der Waals surface area contributed by atoms with Gasteiger partial charge < -0.3 is 18.9 Å². The average molecular weight is 196 g/mol. The minimum absolute atomic E-state index is 0.00801. The van der Waals surface area contributed by atoms with E-state index in [4.69, 9.17) is 14.4 Å². The highest BCUT2D eigenvalue weighted by atomic mass is 31.1. The molecular formula is C6H13O5P. The second kappa shape index (κ2) is 4.94. The smallest absolute Gasteiger partial charge is 0.316 e. The van der Waals surface area contributed by atoms with Crippen molar-refractivity contribution in [3.05, 3.63) is 0 Å². The highest BCUT2D eigenvalue weighted by molar-refractivity contribution is 7.32. The van der Waals surface area contributed by atoms with E-state index in [1.165, 1.54) is 0 Å². The molecule has 0 radical (unpaired) electrons. The van der Waals surface area contributed by atoms with Crippen LogP contribution in [0.3, 0.4) is 0 Å². The van der Waals surface area contributed by atoms with Gasteiger partial charge in [-0.25, -0.2) is 0 Å². The summed E-state index contributed by atoms with van der Waals surface area (Å²) in [5, 5.41) is 0. The van der Waals surface area contributed by atoms with Crippen LogP contribution in [-0.4, -0.2) is 37.4 Å². The van der Waals surface area contributed by atoms with E-state index in [1.54, 1.807) is 7.11 Å². The highest BCUT2D eigenvalue weighted by Gasteiger charge is 2.28. The molecule has 1 heterocycles. The zero-order valence-electron chi connectivity index (χ0n) is 6.86. The maximum atomic E-state index is 10.2. The van der Waals surface area contributed by atoms with Crippen LogP contribution in [0.5, 0.6) is 0 Å². The van der Waals surface area contributed by atoms with Crippen LogP contribution in [-0.2, 0) is 18.6 Å². The predicted octanol–water partition coefficient (Wildman–Crippen LogP) is 0.189. The van der Waals surface area contributed by atoms with Crippen molar-refractivity contribution in [3.8, 4) is 0 Å². The summed E-state index contributed by atoms with van der Waals surface area (Å²) >= 11 is 0. The molecular weight excluding hydrogens is 183 g/mol. The van der Waals surface area contributed by atoms with E-state index in [-0.39, 0.29) is 18.8 Å². The third kappa shape index (κ3) is 2.84. The van der Waals surface area contributed by atoms with E-state index in [2.05, 4.69) is 4.52 Å². The molecule has 1 fully saturated rings. The lowest BCUT2D eigenvalue weighted by Gasteiger charge is -2.15. The van der Waals surface area contributed by atoms with Crippen molar-refractivity contribution in [2.24, 2.45) is 0 Å². The largest absolute Gasteiger partial charge is 0.379 e. The number of hydrogen-bond acceptors (Lipinski definition) is 4. The maximum Gasteiger partial charge on any atom is 0.316 e. The lowest BCUT2D eigenvalue weighted by molar-refractivity contribution is -0.00921. The molecule has 12 heavy (non-hydrogen) atoms. The second-order valence-electron chi connectivity index (χ2n) is 2.55. The van der Waals surface area contributed by atoms with Crippen LogP contribution >= 0.6 is 8.25 Å². The van der Waals surface area contributed by atoms with Crippen molar-refractivity contribution in [2.45, 2.75) is 18.6 Å². The minimum Gasteiger partial charge on any atom is -0.379 e. The molecule has 3 atom stereocenters. The third-order valence-electron chi connectivity index (χ3n) is 1.82. The van der Waals surface area contributed by atoms with Crippen molar-refractivity contribution >= 4 is 8.25 Å². The van der Waals surface area contributed by atoms with Crippen LogP contribution in [0.2, 0.25) is 0 Å². The molecule has 2 unspecified atom stereocenters. The molecule has 1 N–H and O–H groups in total. The van der Waals surface area contributed by atoms with Crippen molar-refractivity contribution in [1.29, 1.82) is 0 Å². The molecule has 0 saturated carbocycles. The van der Waals surface area contributed by atoms with Crippen molar-refractivity contribution in [2.75, 3.05) is 20.3 Å². The lowest BCUT2D eigenvalue weighted by atomic mass is 10.2. The van der Waals surface area contributed by atoms with Gasteiger partial charge in [0.05, 0.1) is 12.7 Å². The molecule has 1 rings (SSSR count). The second-order valence-corrected chi connectivity index (χ2v) is 3.37. The maximum absolute atomic E-state index is 10.2. The summed E-state index contributed by atoms with van der Waals surface area (Å²) in [6.45, 7) is 0.756. The molecule has 1 aliphatic rings. The molecule has 72 valence electrons. The van der Waals surface area contributed by atoms with Gasteiger partial charge in [-0.05, 0) is 6.42 Å². The summed E-state index contributed by atoms with van der Waals surface area (Å²) in [5.41, 5.74) is 0. The van der Waals surface area contributed by atoms with Gasteiger partial charge in [0.25, 0.3) is 0 Å². The quantitative estimate of drug-likeness (QED) is 0.650. The summed E-state index contributed by atoms with van der Waals surface area (Å²) in [7, 11) is -1.25. The average Bonchev–Trinajstić information content (AvgIpc) is 2.47.